The zero-order valence-electron chi connectivity index (χ0n) is 11.0. The van der Waals surface area contributed by atoms with Gasteiger partial charge in [-0.15, -0.1) is 36.2 Å². The van der Waals surface area contributed by atoms with Crippen molar-refractivity contribution in [1.82, 2.24) is 15.2 Å². The number of aryl methyl sites for hydroxylation is 1. The average Bonchev–Trinajstić information content (AvgIpc) is 2.72. The Morgan fingerprint density at radius 3 is 2.89 bits per heavy atom. The van der Waals surface area contributed by atoms with Crippen molar-refractivity contribution in [2.45, 2.75) is 32.2 Å². The van der Waals surface area contributed by atoms with E-state index in [2.05, 4.69) is 29.2 Å². The monoisotopic (exact) mass is 311 g/mol. The van der Waals surface area contributed by atoms with Gasteiger partial charge in [0.1, 0.15) is 0 Å². The number of likely N-dealkylation sites (N-methyl/N-ethyl adjacent to an activating group) is 1. The molecule has 1 N–H and O–H groups in total. The van der Waals surface area contributed by atoms with Gasteiger partial charge in [-0.3, -0.25) is 0 Å². The fourth-order valence-corrected chi connectivity index (χ4v) is 3.09. The number of thiazole rings is 1. The van der Waals surface area contributed by atoms with Crippen molar-refractivity contribution in [2.75, 3.05) is 26.7 Å². The second kappa shape index (κ2) is 9.10. The topological polar surface area (TPSA) is 28.2 Å². The fourth-order valence-electron chi connectivity index (χ4n) is 2.32. The van der Waals surface area contributed by atoms with E-state index in [1.54, 1.807) is 11.3 Å². The molecule has 0 bridgehead atoms. The summed E-state index contributed by atoms with van der Waals surface area (Å²) in [5, 5.41) is 3.39. The summed E-state index contributed by atoms with van der Waals surface area (Å²) >= 11 is 1.79. The molecule has 6 heteroatoms. The predicted molar refractivity (Wildman–Crippen MR) is 83.6 cm³/mol. The van der Waals surface area contributed by atoms with Crippen molar-refractivity contribution < 1.29 is 0 Å². The van der Waals surface area contributed by atoms with Crippen LogP contribution >= 0.6 is 36.2 Å². The molecule has 0 aromatic carbocycles. The number of aromatic nitrogens is 1. The number of rotatable bonds is 4. The number of hydrogen-bond donors (Lipinski definition) is 1. The summed E-state index contributed by atoms with van der Waals surface area (Å²) in [4.78, 5) is 8.32. The summed E-state index contributed by atoms with van der Waals surface area (Å²) in [7, 11) is 2.07. The van der Waals surface area contributed by atoms with Gasteiger partial charge in [0.15, 0.2) is 0 Å². The van der Waals surface area contributed by atoms with E-state index >= 15 is 0 Å². The third-order valence-electron chi connectivity index (χ3n) is 3.41. The number of piperidine rings is 1. The van der Waals surface area contributed by atoms with Gasteiger partial charge in [0.2, 0.25) is 0 Å². The van der Waals surface area contributed by atoms with E-state index in [9.17, 15) is 0 Å². The van der Waals surface area contributed by atoms with Crippen molar-refractivity contribution in [2.24, 2.45) is 0 Å². The van der Waals surface area contributed by atoms with Gasteiger partial charge in [-0.2, -0.15) is 0 Å². The Bertz CT molecular complexity index is 333. The molecule has 0 amide bonds. The molecule has 1 fully saturated rings. The normalized spacial score (nSPS) is 20.0. The highest BCUT2D eigenvalue weighted by atomic mass is 35.5. The minimum absolute atomic E-state index is 0. The maximum absolute atomic E-state index is 4.30. The zero-order valence-corrected chi connectivity index (χ0v) is 13.5. The number of halogens is 2. The first-order valence-electron chi connectivity index (χ1n) is 6.08. The van der Waals surface area contributed by atoms with E-state index in [0.717, 1.165) is 6.42 Å². The van der Waals surface area contributed by atoms with Gasteiger partial charge >= 0.3 is 0 Å². The molecule has 1 aromatic heterocycles. The Balaban J connectivity index is 0.00000144. The van der Waals surface area contributed by atoms with Gasteiger partial charge in [0.25, 0.3) is 0 Å². The molecular formula is C12H23Cl2N3S. The minimum atomic E-state index is 0. The second-order valence-electron chi connectivity index (χ2n) is 4.54. The molecule has 1 saturated heterocycles. The highest BCUT2D eigenvalue weighted by Crippen LogP contribution is 2.15. The van der Waals surface area contributed by atoms with Gasteiger partial charge in [-0.25, -0.2) is 4.98 Å². The van der Waals surface area contributed by atoms with Crippen molar-refractivity contribution >= 4 is 36.2 Å². The Hall–Kier alpha value is 0.130. The highest BCUT2D eigenvalue weighted by Gasteiger charge is 2.18. The van der Waals surface area contributed by atoms with Crippen LogP contribution < -0.4 is 5.32 Å². The Labute approximate surface area is 126 Å². The van der Waals surface area contributed by atoms with Gasteiger partial charge in [0, 0.05) is 24.0 Å². The first-order chi connectivity index (χ1) is 7.79. The molecule has 18 heavy (non-hydrogen) atoms. The van der Waals surface area contributed by atoms with Crippen LogP contribution in [0.2, 0.25) is 0 Å². The zero-order chi connectivity index (χ0) is 11.4. The molecule has 0 aliphatic carbocycles. The molecule has 1 aromatic rings. The molecule has 0 radical (unpaired) electrons. The molecule has 1 unspecified atom stereocenters. The lowest BCUT2D eigenvalue weighted by atomic mass is 10.1. The summed E-state index contributed by atoms with van der Waals surface area (Å²) in [5.41, 5.74) is 3.17. The van der Waals surface area contributed by atoms with Crippen LogP contribution in [0.3, 0.4) is 0 Å². The standard InChI is InChI=1S/C12H21N3S.2ClH/c1-10-12(16-9-14-10)5-7-15-6-3-4-11(8-15)13-2;;/h9,11,13H,3-8H2,1-2H3;2*1H. The van der Waals surface area contributed by atoms with Crippen LogP contribution in [0.4, 0.5) is 0 Å². The SMILES string of the molecule is CNC1CCCN(CCc2scnc2C)C1.Cl.Cl. The third-order valence-corrected chi connectivity index (χ3v) is 4.41. The average molecular weight is 312 g/mol. The van der Waals surface area contributed by atoms with E-state index < -0.39 is 0 Å². The van der Waals surface area contributed by atoms with E-state index in [1.807, 2.05) is 5.51 Å². The van der Waals surface area contributed by atoms with Crippen LogP contribution in [0, 0.1) is 6.92 Å². The summed E-state index contributed by atoms with van der Waals surface area (Å²) in [6.45, 7) is 5.75. The Kier molecular flexibility index (Phi) is 9.17. The quantitative estimate of drug-likeness (QED) is 0.926. The van der Waals surface area contributed by atoms with Crippen molar-refractivity contribution in [3.63, 3.8) is 0 Å². The van der Waals surface area contributed by atoms with Crippen LogP contribution in [0.25, 0.3) is 0 Å². The lowest BCUT2D eigenvalue weighted by Gasteiger charge is -2.32. The van der Waals surface area contributed by atoms with E-state index in [-0.39, 0.29) is 24.8 Å². The summed E-state index contributed by atoms with van der Waals surface area (Å²) in [5.74, 6) is 0. The molecule has 0 saturated carbocycles. The highest BCUT2D eigenvalue weighted by molar-refractivity contribution is 7.09. The molecule has 1 aliphatic rings. The molecule has 3 nitrogen and oxygen atoms in total. The summed E-state index contributed by atoms with van der Waals surface area (Å²) in [6, 6.07) is 0.691. The molecule has 1 atom stereocenters. The first-order valence-corrected chi connectivity index (χ1v) is 6.96. The van der Waals surface area contributed by atoms with Crippen LogP contribution in [0.5, 0.6) is 0 Å². The molecule has 2 rings (SSSR count). The lowest BCUT2D eigenvalue weighted by molar-refractivity contribution is 0.197. The second-order valence-corrected chi connectivity index (χ2v) is 5.48. The number of nitrogens with one attached hydrogen (secondary N) is 1. The van der Waals surface area contributed by atoms with Gasteiger partial charge < -0.3 is 10.2 Å². The van der Waals surface area contributed by atoms with Crippen LogP contribution in [0.1, 0.15) is 23.4 Å². The smallest absolute Gasteiger partial charge is 0.0797 e. The van der Waals surface area contributed by atoms with Crippen molar-refractivity contribution in [3.05, 3.63) is 16.1 Å². The molecular weight excluding hydrogens is 289 g/mol. The van der Waals surface area contributed by atoms with Crippen LogP contribution in [0.15, 0.2) is 5.51 Å². The number of nitrogens with zero attached hydrogens (tertiary/aromatic N) is 2. The summed E-state index contributed by atoms with van der Waals surface area (Å²) < 4.78 is 0. The molecule has 1 aliphatic heterocycles. The largest absolute Gasteiger partial charge is 0.316 e. The number of likely N-dealkylation sites (tertiary alicyclic amines) is 1. The first kappa shape index (κ1) is 18.1. The Morgan fingerprint density at radius 1 is 1.50 bits per heavy atom. The van der Waals surface area contributed by atoms with Crippen LogP contribution in [-0.4, -0.2) is 42.6 Å². The predicted octanol–water partition coefficient (Wildman–Crippen LogP) is 2.52. The van der Waals surface area contributed by atoms with Gasteiger partial charge in [-0.05, 0) is 39.8 Å². The Morgan fingerprint density at radius 2 is 2.28 bits per heavy atom. The number of hydrogen-bond acceptors (Lipinski definition) is 4. The molecule has 106 valence electrons. The van der Waals surface area contributed by atoms with Crippen molar-refractivity contribution in [1.29, 1.82) is 0 Å². The summed E-state index contributed by atoms with van der Waals surface area (Å²) in [6.07, 6.45) is 3.81. The fraction of sp³-hybridized carbons (Fsp3) is 0.750. The van der Waals surface area contributed by atoms with Crippen molar-refractivity contribution in [3.8, 4) is 0 Å². The van der Waals surface area contributed by atoms with Gasteiger partial charge in [0.05, 0.1) is 11.2 Å². The third kappa shape index (κ3) is 5.02. The lowest BCUT2D eigenvalue weighted by Crippen LogP contribution is -2.44. The molecule has 0 spiro atoms. The maximum atomic E-state index is 4.30. The minimum Gasteiger partial charge on any atom is -0.316 e. The van der Waals surface area contributed by atoms with E-state index in [4.69, 9.17) is 0 Å². The van der Waals surface area contributed by atoms with E-state index in [0.29, 0.717) is 6.04 Å². The maximum Gasteiger partial charge on any atom is 0.0797 e. The van der Waals surface area contributed by atoms with Crippen LogP contribution in [-0.2, 0) is 6.42 Å². The van der Waals surface area contributed by atoms with Gasteiger partial charge in [-0.1, -0.05) is 0 Å². The molecule has 2 heterocycles. The van der Waals surface area contributed by atoms with E-state index in [1.165, 1.54) is 43.0 Å².